The van der Waals surface area contributed by atoms with E-state index in [2.05, 4.69) is 22.4 Å². The summed E-state index contributed by atoms with van der Waals surface area (Å²) in [5.74, 6) is 0.449. The highest BCUT2D eigenvalue weighted by Gasteiger charge is 2.26. The van der Waals surface area contributed by atoms with E-state index in [-0.39, 0.29) is 5.91 Å². The van der Waals surface area contributed by atoms with E-state index in [1.807, 2.05) is 53.2 Å². The summed E-state index contributed by atoms with van der Waals surface area (Å²) < 4.78 is 2.03. The lowest BCUT2D eigenvalue weighted by molar-refractivity contribution is 0.0952. The van der Waals surface area contributed by atoms with E-state index in [0.717, 1.165) is 41.5 Å². The van der Waals surface area contributed by atoms with Gasteiger partial charge >= 0.3 is 0 Å². The van der Waals surface area contributed by atoms with E-state index >= 15 is 0 Å². The van der Waals surface area contributed by atoms with Crippen LogP contribution in [-0.2, 0) is 13.1 Å². The average Bonchev–Trinajstić information content (AvgIpc) is 3.49. The smallest absolute Gasteiger partial charge is 0.252 e. The highest BCUT2D eigenvalue weighted by Crippen LogP contribution is 2.40. The van der Waals surface area contributed by atoms with Crippen molar-refractivity contribution >= 4 is 16.8 Å². The number of carbonyl (C=O) groups is 1. The normalized spacial score (nSPS) is 13.5. The summed E-state index contributed by atoms with van der Waals surface area (Å²) >= 11 is 0. The van der Waals surface area contributed by atoms with Gasteiger partial charge in [0.15, 0.2) is 0 Å². The Kier molecular flexibility index (Phi) is 4.56. The minimum atomic E-state index is -0.0528. The lowest BCUT2D eigenvalue weighted by atomic mass is 10.0. The molecule has 0 unspecified atom stereocenters. The molecule has 0 aliphatic heterocycles. The maximum absolute atomic E-state index is 13.1. The average molecular weight is 382 g/mol. The number of nitrogens with zero attached hydrogens (tertiary/aromatic N) is 3. The van der Waals surface area contributed by atoms with Crippen LogP contribution in [0.15, 0.2) is 73.3 Å². The summed E-state index contributed by atoms with van der Waals surface area (Å²) in [7, 11) is 0. The first-order chi connectivity index (χ1) is 14.3. The summed E-state index contributed by atoms with van der Waals surface area (Å²) in [6.07, 6.45) is 7.84. The van der Waals surface area contributed by atoms with Crippen molar-refractivity contribution in [2.24, 2.45) is 0 Å². The predicted octanol–water partition coefficient (Wildman–Crippen LogP) is 4.29. The molecule has 5 rings (SSSR count). The fraction of sp³-hybridized carbons (Fsp3) is 0.208. The van der Waals surface area contributed by atoms with Crippen LogP contribution in [0.5, 0.6) is 0 Å². The number of fused-ring (bicyclic) bond motifs is 1. The molecule has 2 heterocycles. The molecule has 0 spiro atoms. The molecule has 1 N–H and O–H groups in total. The van der Waals surface area contributed by atoms with Crippen LogP contribution in [-0.4, -0.2) is 20.4 Å². The number of benzene rings is 2. The molecule has 0 atom stereocenters. The molecular weight excluding hydrogens is 360 g/mol. The Labute approximate surface area is 169 Å². The van der Waals surface area contributed by atoms with Crippen molar-refractivity contribution in [1.82, 2.24) is 19.9 Å². The fourth-order valence-electron chi connectivity index (χ4n) is 3.70. The topological polar surface area (TPSA) is 59.8 Å². The minimum Gasteiger partial charge on any atom is -0.348 e. The third-order valence-electron chi connectivity index (χ3n) is 5.45. The maximum Gasteiger partial charge on any atom is 0.252 e. The molecule has 5 nitrogen and oxygen atoms in total. The summed E-state index contributed by atoms with van der Waals surface area (Å²) in [6.45, 7) is 1.22. The molecule has 1 amide bonds. The zero-order valence-corrected chi connectivity index (χ0v) is 16.1. The van der Waals surface area contributed by atoms with Gasteiger partial charge < -0.3 is 9.88 Å². The number of aromatic nitrogens is 3. The molecule has 29 heavy (non-hydrogen) atoms. The number of para-hydroxylation sites is 1. The van der Waals surface area contributed by atoms with Gasteiger partial charge in [-0.15, -0.1) is 0 Å². The Hall–Kier alpha value is -3.47. The zero-order chi connectivity index (χ0) is 19.6. The van der Waals surface area contributed by atoms with E-state index < -0.39 is 0 Å². The van der Waals surface area contributed by atoms with Gasteiger partial charge in [-0.1, -0.05) is 42.5 Å². The van der Waals surface area contributed by atoms with Crippen molar-refractivity contribution in [3.8, 4) is 0 Å². The number of pyridine rings is 1. The van der Waals surface area contributed by atoms with Crippen molar-refractivity contribution in [2.75, 3.05) is 0 Å². The van der Waals surface area contributed by atoms with Crippen molar-refractivity contribution in [3.63, 3.8) is 0 Å². The standard InChI is InChI=1S/C24H22N4O/c29-24(21-13-23(17-9-10-17)27-22-8-4-3-7-20(21)22)26-14-18-5-1-2-6-19(18)15-28-12-11-25-16-28/h1-8,11-13,16-17H,9-10,14-15H2,(H,26,29). The van der Waals surface area contributed by atoms with Crippen LogP contribution in [0, 0.1) is 0 Å². The molecule has 2 aromatic heterocycles. The first-order valence-electron chi connectivity index (χ1n) is 9.98. The third-order valence-corrected chi connectivity index (χ3v) is 5.45. The Morgan fingerprint density at radius 2 is 1.86 bits per heavy atom. The molecule has 1 aliphatic rings. The number of hydrogen-bond acceptors (Lipinski definition) is 3. The predicted molar refractivity (Wildman–Crippen MR) is 113 cm³/mol. The van der Waals surface area contributed by atoms with Crippen LogP contribution >= 0.6 is 0 Å². The molecule has 144 valence electrons. The third kappa shape index (κ3) is 3.76. The monoisotopic (exact) mass is 382 g/mol. The minimum absolute atomic E-state index is 0.0528. The Morgan fingerprint density at radius 3 is 2.66 bits per heavy atom. The first-order valence-corrected chi connectivity index (χ1v) is 9.98. The lowest BCUT2D eigenvalue weighted by Crippen LogP contribution is -2.24. The Morgan fingerprint density at radius 1 is 1.07 bits per heavy atom. The van der Waals surface area contributed by atoms with Gasteiger partial charge in [-0.05, 0) is 36.1 Å². The van der Waals surface area contributed by atoms with Crippen LogP contribution in [0.2, 0.25) is 0 Å². The van der Waals surface area contributed by atoms with Gasteiger partial charge in [0.2, 0.25) is 0 Å². The number of nitrogens with one attached hydrogen (secondary N) is 1. The van der Waals surface area contributed by atoms with Crippen molar-refractivity contribution in [3.05, 3.63) is 95.7 Å². The largest absolute Gasteiger partial charge is 0.348 e. The second-order valence-corrected chi connectivity index (χ2v) is 7.57. The van der Waals surface area contributed by atoms with E-state index in [0.29, 0.717) is 18.0 Å². The summed E-state index contributed by atoms with van der Waals surface area (Å²) in [4.78, 5) is 22.0. The van der Waals surface area contributed by atoms with Gasteiger partial charge in [-0.2, -0.15) is 0 Å². The van der Waals surface area contributed by atoms with Crippen LogP contribution in [0.4, 0.5) is 0 Å². The van der Waals surface area contributed by atoms with Crippen molar-refractivity contribution < 1.29 is 4.79 Å². The van der Waals surface area contributed by atoms with Gasteiger partial charge in [0.05, 0.1) is 17.4 Å². The number of hydrogen-bond donors (Lipinski definition) is 1. The van der Waals surface area contributed by atoms with Gasteiger partial charge in [0, 0.05) is 42.5 Å². The van der Waals surface area contributed by atoms with Crippen LogP contribution in [0.1, 0.15) is 45.9 Å². The molecular formula is C24H22N4O. The number of amides is 1. The molecule has 5 heteroatoms. The van der Waals surface area contributed by atoms with E-state index in [9.17, 15) is 4.79 Å². The lowest BCUT2D eigenvalue weighted by Gasteiger charge is -2.13. The first kappa shape index (κ1) is 17.6. The molecule has 0 radical (unpaired) electrons. The van der Waals surface area contributed by atoms with Gasteiger partial charge in [-0.25, -0.2) is 4.98 Å². The highest BCUT2D eigenvalue weighted by molar-refractivity contribution is 6.06. The zero-order valence-electron chi connectivity index (χ0n) is 16.1. The molecule has 1 fully saturated rings. The van der Waals surface area contributed by atoms with Crippen molar-refractivity contribution in [1.29, 1.82) is 0 Å². The Balaban J connectivity index is 1.39. The van der Waals surface area contributed by atoms with Gasteiger partial charge in [0.1, 0.15) is 0 Å². The summed E-state index contributed by atoms with van der Waals surface area (Å²) in [5, 5.41) is 4.03. The molecule has 1 aliphatic carbocycles. The van der Waals surface area contributed by atoms with Crippen LogP contribution < -0.4 is 5.32 Å². The van der Waals surface area contributed by atoms with Gasteiger partial charge in [-0.3, -0.25) is 9.78 Å². The summed E-state index contributed by atoms with van der Waals surface area (Å²) in [5.41, 5.74) is 4.92. The highest BCUT2D eigenvalue weighted by atomic mass is 16.1. The number of imidazole rings is 1. The SMILES string of the molecule is O=C(NCc1ccccc1Cn1ccnc1)c1cc(C2CC2)nc2ccccc12. The number of carbonyl (C=O) groups excluding carboxylic acids is 1. The van der Waals surface area contributed by atoms with Gasteiger partial charge in [0.25, 0.3) is 5.91 Å². The van der Waals surface area contributed by atoms with E-state index in [4.69, 9.17) is 4.98 Å². The van der Waals surface area contributed by atoms with E-state index in [1.54, 1.807) is 12.5 Å². The molecule has 2 aromatic carbocycles. The van der Waals surface area contributed by atoms with Crippen LogP contribution in [0.3, 0.4) is 0 Å². The second kappa shape index (κ2) is 7.51. The molecule has 1 saturated carbocycles. The quantitative estimate of drug-likeness (QED) is 0.541. The molecule has 4 aromatic rings. The molecule has 0 saturated heterocycles. The van der Waals surface area contributed by atoms with E-state index in [1.165, 1.54) is 5.56 Å². The summed E-state index contributed by atoms with van der Waals surface area (Å²) in [6, 6.07) is 18.0. The van der Waals surface area contributed by atoms with Crippen molar-refractivity contribution in [2.45, 2.75) is 31.8 Å². The number of rotatable bonds is 6. The second-order valence-electron chi connectivity index (χ2n) is 7.57. The maximum atomic E-state index is 13.1. The molecule has 0 bridgehead atoms. The fourth-order valence-corrected chi connectivity index (χ4v) is 3.70. The van der Waals surface area contributed by atoms with Crippen LogP contribution in [0.25, 0.3) is 10.9 Å². The Bertz CT molecular complexity index is 1160.